The standard InChI is InChI=1S/C8H15NO2/c1-6(2)9-8(10)11-7-4-3-5-7/h6-7H,3-5H2,1-2H3,(H,9,10). The van der Waals surface area contributed by atoms with Crippen molar-refractivity contribution in [1.82, 2.24) is 5.32 Å². The van der Waals surface area contributed by atoms with Gasteiger partial charge in [-0.2, -0.15) is 0 Å². The van der Waals surface area contributed by atoms with Crippen LogP contribution in [0.2, 0.25) is 0 Å². The number of rotatable bonds is 2. The normalized spacial score (nSPS) is 17.7. The van der Waals surface area contributed by atoms with Gasteiger partial charge in [0.15, 0.2) is 0 Å². The van der Waals surface area contributed by atoms with Crippen LogP contribution in [0.25, 0.3) is 0 Å². The van der Waals surface area contributed by atoms with Gasteiger partial charge in [0.2, 0.25) is 0 Å². The highest BCUT2D eigenvalue weighted by Gasteiger charge is 2.21. The minimum Gasteiger partial charge on any atom is -0.446 e. The van der Waals surface area contributed by atoms with Crippen molar-refractivity contribution in [3.8, 4) is 0 Å². The Labute approximate surface area is 67.1 Å². The van der Waals surface area contributed by atoms with Gasteiger partial charge >= 0.3 is 6.09 Å². The molecule has 1 saturated carbocycles. The fourth-order valence-electron chi connectivity index (χ4n) is 0.910. The van der Waals surface area contributed by atoms with Crippen LogP contribution in [0.5, 0.6) is 0 Å². The van der Waals surface area contributed by atoms with Crippen LogP contribution in [0.15, 0.2) is 0 Å². The molecule has 11 heavy (non-hydrogen) atoms. The van der Waals surface area contributed by atoms with Gasteiger partial charge in [-0.05, 0) is 33.1 Å². The first-order valence-electron chi connectivity index (χ1n) is 4.15. The molecule has 0 aromatic rings. The highest BCUT2D eigenvalue weighted by Crippen LogP contribution is 2.21. The molecule has 0 atom stereocenters. The lowest BCUT2D eigenvalue weighted by molar-refractivity contribution is 0.0512. The molecule has 0 bridgehead atoms. The van der Waals surface area contributed by atoms with Crippen molar-refractivity contribution in [1.29, 1.82) is 0 Å². The summed E-state index contributed by atoms with van der Waals surface area (Å²) in [6.07, 6.45) is 3.18. The summed E-state index contributed by atoms with van der Waals surface area (Å²) in [6.45, 7) is 3.84. The van der Waals surface area contributed by atoms with E-state index in [1.807, 2.05) is 13.8 Å². The van der Waals surface area contributed by atoms with E-state index in [9.17, 15) is 4.79 Å². The van der Waals surface area contributed by atoms with Crippen LogP contribution < -0.4 is 5.32 Å². The summed E-state index contributed by atoms with van der Waals surface area (Å²) in [5.41, 5.74) is 0. The molecular weight excluding hydrogens is 142 g/mol. The first kappa shape index (κ1) is 8.37. The van der Waals surface area contributed by atoms with E-state index in [1.54, 1.807) is 0 Å². The Balaban J connectivity index is 2.09. The molecule has 64 valence electrons. The van der Waals surface area contributed by atoms with Gasteiger partial charge < -0.3 is 10.1 Å². The zero-order chi connectivity index (χ0) is 8.27. The molecule has 1 aliphatic rings. The second-order valence-electron chi connectivity index (χ2n) is 3.26. The first-order chi connectivity index (χ1) is 5.18. The predicted molar refractivity (Wildman–Crippen MR) is 42.4 cm³/mol. The molecule has 1 N–H and O–H groups in total. The molecule has 0 spiro atoms. The summed E-state index contributed by atoms with van der Waals surface area (Å²) in [7, 11) is 0. The number of amides is 1. The highest BCUT2D eigenvalue weighted by atomic mass is 16.6. The van der Waals surface area contributed by atoms with E-state index in [0.717, 1.165) is 12.8 Å². The summed E-state index contributed by atoms with van der Waals surface area (Å²) < 4.78 is 5.05. The molecule has 1 amide bonds. The molecule has 0 aliphatic heterocycles. The molecule has 0 saturated heterocycles. The SMILES string of the molecule is CC(C)NC(=O)OC1CCC1. The van der Waals surface area contributed by atoms with Gasteiger partial charge in [-0.15, -0.1) is 0 Å². The Bertz CT molecular complexity index is 141. The molecule has 0 aromatic heterocycles. The van der Waals surface area contributed by atoms with Gasteiger partial charge in [0.05, 0.1) is 0 Å². The lowest BCUT2D eigenvalue weighted by Gasteiger charge is -2.25. The largest absolute Gasteiger partial charge is 0.446 e. The topological polar surface area (TPSA) is 38.3 Å². The summed E-state index contributed by atoms with van der Waals surface area (Å²) in [6, 6.07) is 0.169. The van der Waals surface area contributed by atoms with Crippen molar-refractivity contribution in [3.63, 3.8) is 0 Å². The maximum Gasteiger partial charge on any atom is 0.407 e. The Morgan fingerprint density at radius 1 is 1.55 bits per heavy atom. The maximum atomic E-state index is 10.9. The maximum absolute atomic E-state index is 10.9. The van der Waals surface area contributed by atoms with Gasteiger partial charge in [-0.3, -0.25) is 0 Å². The molecule has 3 nitrogen and oxygen atoms in total. The quantitative estimate of drug-likeness (QED) is 0.662. The molecule has 1 aliphatic carbocycles. The van der Waals surface area contributed by atoms with Crippen molar-refractivity contribution in [2.75, 3.05) is 0 Å². The van der Waals surface area contributed by atoms with Crippen molar-refractivity contribution < 1.29 is 9.53 Å². The molecule has 0 aromatic carbocycles. The van der Waals surface area contributed by atoms with Gasteiger partial charge in [-0.1, -0.05) is 0 Å². The lowest BCUT2D eigenvalue weighted by Crippen LogP contribution is -2.35. The number of hydrogen-bond acceptors (Lipinski definition) is 2. The predicted octanol–water partition coefficient (Wildman–Crippen LogP) is 1.67. The third kappa shape index (κ3) is 2.78. The van der Waals surface area contributed by atoms with Crippen LogP contribution in [0.3, 0.4) is 0 Å². The zero-order valence-electron chi connectivity index (χ0n) is 7.09. The Kier molecular flexibility index (Phi) is 2.74. The molecule has 3 heteroatoms. The Hall–Kier alpha value is -0.730. The monoisotopic (exact) mass is 157 g/mol. The van der Waals surface area contributed by atoms with Crippen molar-refractivity contribution in [3.05, 3.63) is 0 Å². The van der Waals surface area contributed by atoms with Gasteiger partial charge in [-0.25, -0.2) is 4.79 Å². The number of ether oxygens (including phenoxy) is 1. The van der Waals surface area contributed by atoms with E-state index in [4.69, 9.17) is 4.74 Å². The van der Waals surface area contributed by atoms with Gasteiger partial charge in [0.1, 0.15) is 6.10 Å². The van der Waals surface area contributed by atoms with Crippen LogP contribution in [-0.4, -0.2) is 18.2 Å². The first-order valence-corrected chi connectivity index (χ1v) is 4.15. The molecular formula is C8H15NO2. The molecule has 1 fully saturated rings. The number of hydrogen-bond donors (Lipinski definition) is 1. The van der Waals surface area contributed by atoms with E-state index in [-0.39, 0.29) is 18.2 Å². The van der Waals surface area contributed by atoms with E-state index in [0.29, 0.717) is 0 Å². The van der Waals surface area contributed by atoms with Crippen molar-refractivity contribution in [2.24, 2.45) is 0 Å². The van der Waals surface area contributed by atoms with Crippen LogP contribution in [0.4, 0.5) is 4.79 Å². The van der Waals surface area contributed by atoms with Crippen LogP contribution in [0, 0.1) is 0 Å². The zero-order valence-corrected chi connectivity index (χ0v) is 7.09. The Morgan fingerprint density at radius 3 is 2.55 bits per heavy atom. The summed E-state index contributed by atoms with van der Waals surface area (Å²) in [5, 5.41) is 2.68. The molecule has 0 radical (unpaired) electrons. The van der Waals surface area contributed by atoms with Crippen molar-refractivity contribution in [2.45, 2.75) is 45.3 Å². The fraction of sp³-hybridized carbons (Fsp3) is 0.875. The number of carbonyl (C=O) groups excluding carboxylic acids is 1. The van der Waals surface area contributed by atoms with Gasteiger partial charge in [0, 0.05) is 6.04 Å². The van der Waals surface area contributed by atoms with E-state index >= 15 is 0 Å². The van der Waals surface area contributed by atoms with Crippen molar-refractivity contribution >= 4 is 6.09 Å². The third-order valence-electron chi connectivity index (χ3n) is 1.73. The van der Waals surface area contributed by atoms with Crippen LogP contribution in [-0.2, 0) is 4.74 Å². The second kappa shape index (κ2) is 3.60. The highest BCUT2D eigenvalue weighted by molar-refractivity contribution is 5.67. The smallest absolute Gasteiger partial charge is 0.407 e. The Morgan fingerprint density at radius 2 is 2.18 bits per heavy atom. The number of alkyl carbamates (subject to hydrolysis) is 1. The average Bonchev–Trinajstić information content (AvgIpc) is 1.77. The van der Waals surface area contributed by atoms with E-state index < -0.39 is 0 Å². The molecule has 1 rings (SSSR count). The number of carbonyl (C=O) groups is 1. The van der Waals surface area contributed by atoms with Crippen LogP contribution in [0.1, 0.15) is 33.1 Å². The minimum absolute atomic E-state index is 0.169. The van der Waals surface area contributed by atoms with E-state index in [2.05, 4.69) is 5.32 Å². The second-order valence-corrected chi connectivity index (χ2v) is 3.26. The summed E-state index contributed by atoms with van der Waals surface area (Å²) in [4.78, 5) is 10.9. The van der Waals surface area contributed by atoms with Gasteiger partial charge in [0.25, 0.3) is 0 Å². The fourth-order valence-corrected chi connectivity index (χ4v) is 0.910. The van der Waals surface area contributed by atoms with Crippen LogP contribution >= 0.6 is 0 Å². The third-order valence-corrected chi connectivity index (χ3v) is 1.73. The summed E-state index contributed by atoms with van der Waals surface area (Å²) >= 11 is 0. The summed E-state index contributed by atoms with van der Waals surface area (Å²) in [5.74, 6) is 0. The lowest BCUT2D eigenvalue weighted by atomic mass is 9.96. The minimum atomic E-state index is -0.273. The molecule has 0 unspecified atom stereocenters. The van der Waals surface area contributed by atoms with E-state index in [1.165, 1.54) is 6.42 Å². The average molecular weight is 157 g/mol. The number of nitrogens with one attached hydrogen (secondary N) is 1. The molecule has 0 heterocycles.